The molecule has 1 amide bonds. The van der Waals surface area contributed by atoms with Crippen molar-refractivity contribution in [3.8, 4) is 11.5 Å². The number of halogens is 2. The Kier molecular flexibility index (Phi) is 6.03. The van der Waals surface area contributed by atoms with Crippen molar-refractivity contribution in [2.45, 2.75) is 0 Å². The predicted octanol–water partition coefficient (Wildman–Crippen LogP) is 5.06. The molecule has 0 radical (unpaired) electrons. The number of hydrogen-bond donors (Lipinski definition) is 1. The van der Waals surface area contributed by atoms with E-state index in [0.29, 0.717) is 37.5 Å². The number of methoxy groups -OCH3 is 1. The lowest BCUT2D eigenvalue weighted by atomic mass is 10.1. The summed E-state index contributed by atoms with van der Waals surface area (Å²) in [6.45, 7) is 0. The highest BCUT2D eigenvalue weighted by molar-refractivity contribution is 7.12. The summed E-state index contributed by atoms with van der Waals surface area (Å²) in [5.41, 5.74) is 1.65. The van der Waals surface area contributed by atoms with Gasteiger partial charge in [-0.3, -0.25) is 4.79 Å². The van der Waals surface area contributed by atoms with Crippen molar-refractivity contribution in [1.29, 1.82) is 0 Å². The van der Waals surface area contributed by atoms with Gasteiger partial charge in [-0.1, -0.05) is 29.3 Å². The van der Waals surface area contributed by atoms with Gasteiger partial charge in [0.25, 0.3) is 5.91 Å². The van der Waals surface area contributed by atoms with Crippen LogP contribution < -0.4 is 14.8 Å². The molecule has 0 saturated heterocycles. The largest absolute Gasteiger partial charge is 0.493 e. The molecule has 0 unspecified atom stereocenters. The Hall–Kier alpha value is -3.20. The van der Waals surface area contributed by atoms with Crippen LogP contribution in [0, 0.1) is 0 Å². The van der Waals surface area contributed by atoms with E-state index in [4.69, 9.17) is 32.7 Å². The van der Waals surface area contributed by atoms with Crippen LogP contribution in [-0.4, -0.2) is 30.9 Å². The highest BCUT2D eigenvalue weighted by Crippen LogP contribution is 2.34. The van der Waals surface area contributed by atoms with Crippen LogP contribution >= 0.6 is 34.5 Å². The third-order valence-electron chi connectivity index (χ3n) is 4.24. The van der Waals surface area contributed by atoms with E-state index in [1.165, 1.54) is 30.7 Å². The van der Waals surface area contributed by atoms with Gasteiger partial charge in [0.15, 0.2) is 17.2 Å². The predicted molar refractivity (Wildman–Crippen MR) is 121 cm³/mol. The Bertz CT molecular complexity index is 1240. The highest BCUT2D eigenvalue weighted by atomic mass is 35.5. The maximum Gasteiger partial charge on any atom is 0.353 e. The van der Waals surface area contributed by atoms with E-state index in [1.807, 2.05) is 0 Å². The number of ether oxygens (including phenoxy) is 2. The first-order valence-electron chi connectivity index (χ1n) is 8.82. The quantitative estimate of drug-likeness (QED) is 0.242. The zero-order valence-electron chi connectivity index (χ0n) is 15.9. The molecular weight excluding hydrogens is 461 g/mol. The van der Waals surface area contributed by atoms with Gasteiger partial charge in [-0.05, 0) is 47.3 Å². The van der Waals surface area contributed by atoms with Crippen molar-refractivity contribution in [2.75, 3.05) is 12.4 Å². The van der Waals surface area contributed by atoms with Gasteiger partial charge < -0.3 is 14.8 Å². The van der Waals surface area contributed by atoms with Crippen LogP contribution in [0.5, 0.6) is 11.5 Å². The molecule has 1 N–H and O–H groups in total. The zero-order valence-corrected chi connectivity index (χ0v) is 18.2. The topological polar surface area (TPSA) is 89.3 Å². The number of esters is 1. The fraction of sp³-hybridized carbons (Fsp3) is 0.0476. The number of rotatable bonds is 5. The smallest absolute Gasteiger partial charge is 0.353 e. The summed E-state index contributed by atoms with van der Waals surface area (Å²) < 4.78 is 10.7. The van der Waals surface area contributed by atoms with Crippen LogP contribution in [0.1, 0.15) is 20.8 Å². The molecule has 156 valence electrons. The first kappa shape index (κ1) is 21.0. The second kappa shape index (κ2) is 8.89. The molecule has 0 spiro atoms. The molecule has 1 aliphatic rings. The Morgan fingerprint density at radius 2 is 2.00 bits per heavy atom. The number of thiophene rings is 1. The lowest BCUT2D eigenvalue weighted by Gasteiger charge is -2.09. The SMILES string of the molecule is COc1cc(C=NN=C2C(=O)Nc3c(Cl)cc(Cl)cc32)ccc1OC(=O)c1cccs1. The Labute approximate surface area is 190 Å². The van der Waals surface area contributed by atoms with Crippen LogP contribution in [0.25, 0.3) is 0 Å². The number of carbonyl (C=O) groups excluding carboxylic acids is 2. The molecule has 0 fully saturated rings. The standard InChI is InChI=1S/C21H13Cl2N3O4S/c1-29-16-7-11(4-5-15(16)30-21(28)17-3-2-6-31-17)10-24-26-19-13-8-12(22)9-14(23)18(13)25-20(19)27/h2-10H,1H3,(H,25,26,27). The van der Waals surface area contributed by atoms with Crippen LogP contribution in [0.4, 0.5) is 5.69 Å². The minimum Gasteiger partial charge on any atom is -0.493 e. The third-order valence-corrected chi connectivity index (χ3v) is 5.61. The molecule has 4 rings (SSSR count). The second-order valence-electron chi connectivity index (χ2n) is 6.23. The van der Waals surface area contributed by atoms with Crippen molar-refractivity contribution >= 4 is 64.0 Å². The van der Waals surface area contributed by atoms with E-state index >= 15 is 0 Å². The maximum absolute atomic E-state index is 12.2. The summed E-state index contributed by atoms with van der Waals surface area (Å²) in [6, 6.07) is 11.5. The van der Waals surface area contributed by atoms with Crippen LogP contribution in [-0.2, 0) is 4.79 Å². The average Bonchev–Trinajstić information content (AvgIpc) is 3.38. The van der Waals surface area contributed by atoms with Gasteiger partial charge in [0.2, 0.25) is 0 Å². The monoisotopic (exact) mass is 473 g/mol. The van der Waals surface area contributed by atoms with Gasteiger partial charge in [-0.15, -0.1) is 16.4 Å². The number of carbonyl (C=O) groups is 2. The molecule has 1 aliphatic heterocycles. The summed E-state index contributed by atoms with van der Waals surface area (Å²) in [7, 11) is 1.46. The van der Waals surface area contributed by atoms with Crippen molar-refractivity contribution < 1.29 is 19.1 Å². The number of amides is 1. The molecular formula is C21H13Cl2N3O4S. The fourth-order valence-electron chi connectivity index (χ4n) is 2.83. The lowest BCUT2D eigenvalue weighted by molar-refractivity contribution is -0.110. The number of nitrogens with one attached hydrogen (secondary N) is 1. The first-order chi connectivity index (χ1) is 15.0. The number of nitrogens with zero attached hydrogens (tertiary/aromatic N) is 2. The summed E-state index contributed by atoms with van der Waals surface area (Å²) in [5.74, 6) is -0.268. The maximum atomic E-state index is 12.2. The van der Waals surface area contributed by atoms with Crippen LogP contribution in [0.15, 0.2) is 58.0 Å². The number of fused-ring (bicyclic) bond motifs is 1. The highest BCUT2D eigenvalue weighted by Gasteiger charge is 2.28. The van der Waals surface area contributed by atoms with E-state index in [0.717, 1.165) is 0 Å². The molecule has 2 heterocycles. The van der Waals surface area contributed by atoms with Gasteiger partial charge in [0.05, 0.1) is 24.0 Å². The van der Waals surface area contributed by atoms with Crippen molar-refractivity contribution in [1.82, 2.24) is 0 Å². The number of benzene rings is 2. The van der Waals surface area contributed by atoms with Gasteiger partial charge in [0.1, 0.15) is 4.88 Å². The lowest BCUT2D eigenvalue weighted by Crippen LogP contribution is -2.13. The van der Waals surface area contributed by atoms with Gasteiger partial charge in [-0.25, -0.2) is 4.79 Å². The van der Waals surface area contributed by atoms with Crippen molar-refractivity contribution in [2.24, 2.45) is 10.2 Å². The minimum absolute atomic E-state index is 0.101. The number of hydrogen-bond acceptors (Lipinski definition) is 7. The normalized spacial score (nSPS) is 14.0. The molecule has 3 aromatic rings. The molecule has 0 aliphatic carbocycles. The molecule has 1 aromatic heterocycles. The van der Waals surface area contributed by atoms with E-state index in [-0.39, 0.29) is 11.5 Å². The summed E-state index contributed by atoms with van der Waals surface area (Å²) in [6.07, 6.45) is 1.44. The first-order valence-corrected chi connectivity index (χ1v) is 10.5. The molecule has 0 saturated carbocycles. The molecule has 2 aromatic carbocycles. The second-order valence-corrected chi connectivity index (χ2v) is 8.03. The van der Waals surface area contributed by atoms with Crippen LogP contribution in [0.3, 0.4) is 0 Å². The van der Waals surface area contributed by atoms with E-state index < -0.39 is 11.9 Å². The third kappa shape index (κ3) is 4.46. The molecule has 7 nitrogen and oxygen atoms in total. The Morgan fingerprint density at radius 3 is 2.74 bits per heavy atom. The molecule has 10 heteroatoms. The average molecular weight is 474 g/mol. The minimum atomic E-state index is -0.468. The molecule has 0 atom stereocenters. The van der Waals surface area contributed by atoms with E-state index in [1.54, 1.807) is 41.8 Å². The number of anilines is 1. The van der Waals surface area contributed by atoms with Gasteiger partial charge in [-0.2, -0.15) is 5.10 Å². The Balaban J connectivity index is 1.55. The van der Waals surface area contributed by atoms with Gasteiger partial charge >= 0.3 is 5.97 Å². The zero-order chi connectivity index (χ0) is 22.0. The molecule has 0 bridgehead atoms. The van der Waals surface area contributed by atoms with E-state index in [2.05, 4.69) is 15.5 Å². The van der Waals surface area contributed by atoms with Crippen molar-refractivity contribution in [3.05, 3.63) is 73.9 Å². The summed E-state index contributed by atoms with van der Waals surface area (Å²) in [4.78, 5) is 24.8. The van der Waals surface area contributed by atoms with Gasteiger partial charge in [0, 0.05) is 10.6 Å². The molecule has 31 heavy (non-hydrogen) atoms. The fourth-order valence-corrected chi connectivity index (χ4v) is 3.97. The summed E-state index contributed by atoms with van der Waals surface area (Å²) in [5, 5.41) is 13.2. The Morgan fingerprint density at radius 1 is 1.16 bits per heavy atom. The van der Waals surface area contributed by atoms with Crippen LogP contribution in [0.2, 0.25) is 10.0 Å². The van der Waals surface area contributed by atoms with Crippen molar-refractivity contribution in [3.63, 3.8) is 0 Å². The summed E-state index contributed by atoms with van der Waals surface area (Å²) >= 11 is 13.4. The van der Waals surface area contributed by atoms with E-state index in [9.17, 15) is 9.59 Å².